The lowest BCUT2D eigenvalue weighted by Crippen LogP contribution is -2.53. The SMILES string of the molecule is COc1nc(N[C@H]2C[C@@](C)(C(=O)N3CCCC3)C2)nc2[nH]cc(-c3cc(F)c4nccn4c3)c12. The summed E-state index contributed by atoms with van der Waals surface area (Å²) in [5.41, 5.74) is 1.93. The summed E-state index contributed by atoms with van der Waals surface area (Å²) in [6.45, 7) is 3.79. The Kier molecular flexibility index (Phi) is 4.72. The van der Waals surface area contributed by atoms with Crippen LogP contribution in [0.4, 0.5) is 10.3 Å². The van der Waals surface area contributed by atoms with Crippen molar-refractivity contribution in [1.82, 2.24) is 29.2 Å². The van der Waals surface area contributed by atoms with Gasteiger partial charge in [0.05, 0.1) is 17.9 Å². The van der Waals surface area contributed by atoms with Gasteiger partial charge in [-0.3, -0.25) is 4.79 Å². The van der Waals surface area contributed by atoms with E-state index in [1.165, 1.54) is 6.07 Å². The first-order chi connectivity index (χ1) is 16.4. The number of aromatic nitrogens is 5. The zero-order chi connectivity index (χ0) is 23.4. The molecule has 4 aromatic heterocycles. The third-order valence-corrected chi connectivity index (χ3v) is 7.08. The molecule has 4 aromatic rings. The van der Waals surface area contributed by atoms with Gasteiger partial charge < -0.3 is 24.3 Å². The maximum atomic E-state index is 14.5. The van der Waals surface area contributed by atoms with Gasteiger partial charge in [-0.25, -0.2) is 9.37 Å². The van der Waals surface area contributed by atoms with Crippen LogP contribution in [0.1, 0.15) is 32.6 Å². The molecule has 0 radical (unpaired) electrons. The minimum absolute atomic E-state index is 0.117. The molecule has 6 rings (SSSR count). The first kappa shape index (κ1) is 20.9. The number of likely N-dealkylation sites (tertiary alicyclic amines) is 1. The summed E-state index contributed by atoms with van der Waals surface area (Å²) in [6, 6.07) is 1.56. The predicted molar refractivity (Wildman–Crippen MR) is 125 cm³/mol. The number of rotatable bonds is 5. The van der Waals surface area contributed by atoms with Crippen LogP contribution in [0.2, 0.25) is 0 Å². The van der Waals surface area contributed by atoms with Crippen molar-refractivity contribution < 1.29 is 13.9 Å². The fourth-order valence-electron chi connectivity index (χ4n) is 5.37. The van der Waals surface area contributed by atoms with E-state index in [4.69, 9.17) is 4.74 Å². The highest BCUT2D eigenvalue weighted by Crippen LogP contribution is 2.44. The number of anilines is 1. The Morgan fingerprint density at radius 2 is 2.09 bits per heavy atom. The lowest BCUT2D eigenvalue weighted by atomic mass is 9.66. The molecule has 0 spiro atoms. The smallest absolute Gasteiger partial charge is 0.228 e. The highest BCUT2D eigenvalue weighted by atomic mass is 19.1. The molecule has 0 atom stereocenters. The van der Waals surface area contributed by atoms with Crippen LogP contribution >= 0.6 is 0 Å². The first-order valence-electron chi connectivity index (χ1n) is 11.6. The molecular formula is C24H26FN7O2. The quantitative estimate of drug-likeness (QED) is 0.469. The zero-order valence-corrected chi connectivity index (χ0v) is 19.1. The number of carbonyl (C=O) groups is 1. The molecule has 0 unspecified atom stereocenters. The molecule has 1 saturated carbocycles. The number of aromatic amines is 1. The Balaban J connectivity index is 1.26. The first-order valence-corrected chi connectivity index (χ1v) is 11.6. The normalized spacial score (nSPS) is 22.3. The lowest BCUT2D eigenvalue weighted by Gasteiger charge is -2.45. The van der Waals surface area contributed by atoms with Crippen LogP contribution in [0.3, 0.4) is 0 Å². The van der Waals surface area contributed by atoms with E-state index in [0.717, 1.165) is 44.3 Å². The third kappa shape index (κ3) is 3.27. The van der Waals surface area contributed by atoms with E-state index in [2.05, 4.69) is 25.3 Å². The maximum absolute atomic E-state index is 14.5. The summed E-state index contributed by atoms with van der Waals surface area (Å²) >= 11 is 0. The number of H-pyrrole nitrogens is 1. The van der Waals surface area contributed by atoms with E-state index in [9.17, 15) is 9.18 Å². The minimum atomic E-state index is -0.411. The van der Waals surface area contributed by atoms with Crippen molar-refractivity contribution in [2.45, 2.75) is 38.6 Å². The molecular weight excluding hydrogens is 437 g/mol. The number of methoxy groups -OCH3 is 1. The maximum Gasteiger partial charge on any atom is 0.228 e. The van der Waals surface area contributed by atoms with Crippen molar-refractivity contribution in [1.29, 1.82) is 0 Å². The zero-order valence-electron chi connectivity index (χ0n) is 19.1. The molecule has 1 aliphatic carbocycles. The number of amides is 1. The Morgan fingerprint density at radius 3 is 2.85 bits per heavy atom. The molecule has 2 aliphatic rings. The van der Waals surface area contributed by atoms with Gasteiger partial charge in [-0.2, -0.15) is 9.97 Å². The Bertz CT molecular complexity index is 1400. The van der Waals surface area contributed by atoms with Gasteiger partial charge in [-0.15, -0.1) is 0 Å². The average Bonchev–Trinajstić information content (AvgIpc) is 3.57. The van der Waals surface area contributed by atoms with Gasteiger partial charge in [0.15, 0.2) is 11.5 Å². The van der Waals surface area contributed by atoms with Gasteiger partial charge >= 0.3 is 0 Å². The number of nitrogens with one attached hydrogen (secondary N) is 2. The van der Waals surface area contributed by atoms with E-state index >= 15 is 0 Å². The number of imidazole rings is 1. The summed E-state index contributed by atoms with van der Waals surface area (Å²) in [5.74, 6) is 0.680. The van der Waals surface area contributed by atoms with Crippen LogP contribution in [-0.4, -0.2) is 61.4 Å². The van der Waals surface area contributed by atoms with Gasteiger partial charge in [-0.05, 0) is 31.7 Å². The number of fused-ring (bicyclic) bond motifs is 2. The standard InChI is InChI=1S/C24H26FN7O2/c1-24(22(33)31-6-3-4-7-31)10-15(11-24)28-23-29-19-18(21(30-23)34-2)16(12-27-19)14-9-17(25)20-26-5-8-32(20)13-14/h5,8-9,12-13,15H,3-4,6-7,10-11H2,1-2H3,(H2,27,28,29,30)/t15-,24+. The molecule has 176 valence electrons. The largest absolute Gasteiger partial charge is 0.480 e. The Labute approximate surface area is 195 Å². The number of pyridine rings is 1. The molecule has 1 saturated heterocycles. The summed E-state index contributed by atoms with van der Waals surface area (Å²) in [4.78, 5) is 31.2. The number of halogens is 1. The second-order valence-electron chi connectivity index (χ2n) is 9.53. The minimum Gasteiger partial charge on any atom is -0.480 e. The van der Waals surface area contributed by atoms with Crippen molar-refractivity contribution in [3.05, 3.63) is 36.7 Å². The van der Waals surface area contributed by atoms with Crippen molar-refractivity contribution in [3.63, 3.8) is 0 Å². The van der Waals surface area contributed by atoms with Gasteiger partial charge in [0, 0.05) is 55.0 Å². The van der Waals surface area contributed by atoms with Crippen LogP contribution in [0.15, 0.2) is 30.9 Å². The highest BCUT2D eigenvalue weighted by molar-refractivity contribution is 5.97. The molecule has 1 aliphatic heterocycles. The van der Waals surface area contributed by atoms with E-state index < -0.39 is 5.82 Å². The number of carbonyl (C=O) groups excluding carboxylic acids is 1. The molecule has 2 fully saturated rings. The van der Waals surface area contributed by atoms with Crippen LogP contribution in [0, 0.1) is 11.2 Å². The fraction of sp³-hybridized carbons (Fsp3) is 0.417. The number of hydrogen-bond acceptors (Lipinski definition) is 6. The van der Waals surface area contributed by atoms with Gasteiger partial charge in [0.2, 0.25) is 17.7 Å². The van der Waals surface area contributed by atoms with Crippen molar-refractivity contribution >= 4 is 28.5 Å². The monoisotopic (exact) mass is 463 g/mol. The van der Waals surface area contributed by atoms with Crippen LogP contribution in [0.5, 0.6) is 5.88 Å². The topological polar surface area (TPSA) is 100 Å². The summed E-state index contributed by atoms with van der Waals surface area (Å²) in [6.07, 6.45) is 10.5. The number of ether oxygens (including phenoxy) is 1. The van der Waals surface area contributed by atoms with Crippen LogP contribution < -0.4 is 10.1 Å². The van der Waals surface area contributed by atoms with Crippen molar-refractivity contribution in [3.8, 4) is 17.0 Å². The van der Waals surface area contributed by atoms with Gasteiger partial charge in [0.1, 0.15) is 5.65 Å². The second kappa shape index (κ2) is 7.68. The molecule has 1 amide bonds. The lowest BCUT2D eigenvalue weighted by molar-refractivity contribution is -0.145. The predicted octanol–water partition coefficient (Wildman–Crippen LogP) is 3.62. The average molecular weight is 464 g/mol. The molecule has 5 heterocycles. The van der Waals surface area contributed by atoms with Gasteiger partial charge in [-0.1, -0.05) is 6.92 Å². The van der Waals surface area contributed by atoms with E-state index in [-0.39, 0.29) is 23.0 Å². The molecule has 9 nitrogen and oxygen atoms in total. The summed E-state index contributed by atoms with van der Waals surface area (Å²) in [5, 5.41) is 4.03. The molecule has 2 N–H and O–H groups in total. The Hall–Kier alpha value is -3.69. The molecule has 0 bridgehead atoms. The molecule has 0 aromatic carbocycles. The summed E-state index contributed by atoms with van der Waals surface area (Å²) < 4.78 is 21.8. The van der Waals surface area contributed by atoms with Crippen molar-refractivity contribution in [2.24, 2.45) is 5.41 Å². The van der Waals surface area contributed by atoms with Gasteiger partial charge in [0.25, 0.3) is 0 Å². The van der Waals surface area contributed by atoms with Crippen LogP contribution in [-0.2, 0) is 4.79 Å². The second-order valence-corrected chi connectivity index (χ2v) is 9.53. The van der Waals surface area contributed by atoms with E-state index in [0.29, 0.717) is 28.4 Å². The fourth-order valence-corrected chi connectivity index (χ4v) is 5.37. The Morgan fingerprint density at radius 1 is 1.29 bits per heavy atom. The molecule has 10 heteroatoms. The van der Waals surface area contributed by atoms with Crippen LogP contribution in [0.25, 0.3) is 27.8 Å². The van der Waals surface area contributed by atoms with E-state index in [1.807, 2.05) is 18.0 Å². The summed E-state index contributed by atoms with van der Waals surface area (Å²) in [7, 11) is 1.55. The van der Waals surface area contributed by atoms with E-state index in [1.54, 1.807) is 30.1 Å². The highest BCUT2D eigenvalue weighted by Gasteiger charge is 2.48. The van der Waals surface area contributed by atoms with Crippen molar-refractivity contribution in [2.75, 3.05) is 25.5 Å². The molecule has 34 heavy (non-hydrogen) atoms. The third-order valence-electron chi connectivity index (χ3n) is 7.08. The number of hydrogen-bond donors (Lipinski definition) is 2. The number of nitrogens with zero attached hydrogens (tertiary/aromatic N) is 5.